The van der Waals surface area contributed by atoms with Crippen LogP contribution < -0.4 is 10.5 Å². The van der Waals surface area contributed by atoms with Crippen LogP contribution >= 0.6 is 0 Å². The van der Waals surface area contributed by atoms with Crippen molar-refractivity contribution in [2.45, 2.75) is 38.6 Å². The van der Waals surface area contributed by atoms with Crippen molar-refractivity contribution in [3.63, 3.8) is 0 Å². The molecule has 7 heteroatoms. The molecule has 1 aromatic carbocycles. The van der Waals surface area contributed by atoms with Crippen LogP contribution in [0.15, 0.2) is 17.0 Å². The molecule has 0 saturated carbocycles. The second-order valence-electron chi connectivity index (χ2n) is 4.52. The van der Waals surface area contributed by atoms with Crippen molar-refractivity contribution >= 4 is 21.7 Å². The van der Waals surface area contributed by atoms with E-state index in [1.54, 1.807) is 26.8 Å². The fourth-order valence-electron chi connectivity index (χ4n) is 1.77. The van der Waals surface area contributed by atoms with E-state index in [1.165, 1.54) is 13.0 Å². The van der Waals surface area contributed by atoms with E-state index in [4.69, 9.17) is 10.5 Å². The minimum absolute atomic E-state index is 0.00801. The molecule has 0 aliphatic rings. The highest BCUT2D eigenvalue weighted by Crippen LogP contribution is 2.25. The summed E-state index contributed by atoms with van der Waals surface area (Å²) in [4.78, 5) is 11.5. The van der Waals surface area contributed by atoms with Gasteiger partial charge in [-0.3, -0.25) is 4.79 Å². The van der Waals surface area contributed by atoms with Crippen molar-refractivity contribution in [2.24, 2.45) is 0 Å². The zero-order chi connectivity index (χ0) is 15.5. The molecule has 0 aliphatic heterocycles. The van der Waals surface area contributed by atoms with Crippen LogP contribution in [-0.4, -0.2) is 27.0 Å². The molecule has 3 N–H and O–H groups in total. The molecule has 1 aromatic rings. The van der Waals surface area contributed by atoms with Crippen molar-refractivity contribution in [3.05, 3.63) is 23.3 Å². The van der Waals surface area contributed by atoms with Crippen LogP contribution in [0, 0.1) is 13.8 Å². The second kappa shape index (κ2) is 6.23. The summed E-state index contributed by atoms with van der Waals surface area (Å²) in [5.41, 5.74) is 7.27. The van der Waals surface area contributed by atoms with Crippen LogP contribution in [0.25, 0.3) is 0 Å². The number of rotatable bonds is 5. The first-order valence-corrected chi connectivity index (χ1v) is 7.73. The fraction of sp³-hybridized carbons (Fsp3) is 0.462. The van der Waals surface area contributed by atoms with Crippen molar-refractivity contribution in [2.75, 3.05) is 12.3 Å². The number of hydrogen-bond donors (Lipinski definition) is 2. The standard InChI is InChI=1S/C13H20N2O4S/c1-5-19-13(16)10(4)15-20(17,18)12-9(3)8(2)6-7-11(12)14/h6-7,10,15H,5,14H2,1-4H3. The second-order valence-corrected chi connectivity index (χ2v) is 6.17. The number of nitrogen functional groups attached to an aromatic ring is 1. The van der Waals surface area contributed by atoms with E-state index in [-0.39, 0.29) is 17.2 Å². The molecule has 0 radical (unpaired) electrons. The van der Waals surface area contributed by atoms with Crippen LogP contribution in [0.2, 0.25) is 0 Å². The topological polar surface area (TPSA) is 98.5 Å². The van der Waals surface area contributed by atoms with E-state index in [0.29, 0.717) is 5.56 Å². The van der Waals surface area contributed by atoms with Crippen LogP contribution in [0.3, 0.4) is 0 Å². The molecular weight excluding hydrogens is 280 g/mol. The largest absolute Gasteiger partial charge is 0.465 e. The third-order valence-electron chi connectivity index (χ3n) is 2.95. The highest BCUT2D eigenvalue weighted by Gasteiger charge is 2.26. The molecule has 0 aliphatic carbocycles. The van der Waals surface area contributed by atoms with Crippen molar-refractivity contribution in [1.82, 2.24) is 4.72 Å². The summed E-state index contributed by atoms with van der Waals surface area (Å²) in [6.45, 7) is 6.74. The number of hydrogen-bond acceptors (Lipinski definition) is 5. The number of ether oxygens (including phenoxy) is 1. The monoisotopic (exact) mass is 300 g/mol. The van der Waals surface area contributed by atoms with Crippen LogP contribution in [0.1, 0.15) is 25.0 Å². The Hall–Kier alpha value is -1.60. The van der Waals surface area contributed by atoms with Gasteiger partial charge < -0.3 is 10.5 Å². The minimum atomic E-state index is -3.88. The van der Waals surface area contributed by atoms with Gasteiger partial charge in [0.25, 0.3) is 0 Å². The summed E-state index contributed by atoms with van der Waals surface area (Å²) >= 11 is 0. The molecule has 20 heavy (non-hydrogen) atoms. The van der Waals surface area contributed by atoms with Gasteiger partial charge in [-0.05, 0) is 44.9 Å². The number of esters is 1. The summed E-state index contributed by atoms with van der Waals surface area (Å²) in [6, 6.07) is 2.31. The molecule has 0 spiro atoms. The maximum absolute atomic E-state index is 12.3. The molecule has 0 saturated heterocycles. The third-order valence-corrected chi connectivity index (χ3v) is 4.69. The Bertz CT molecular complexity index is 611. The number of anilines is 1. The highest BCUT2D eigenvalue weighted by atomic mass is 32.2. The van der Waals surface area contributed by atoms with Crippen LogP contribution in [-0.2, 0) is 19.6 Å². The summed E-state index contributed by atoms with van der Waals surface area (Å²) < 4.78 is 31.7. The van der Waals surface area contributed by atoms with Gasteiger partial charge in [0.2, 0.25) is 10.0 Å². The molecule has 112 valence electrons. The molecule has 6 nitrogen and oxygen atoms in total. The van der Waals surface area contributed by atoms with Crippen molar-refractivity contribution < 1.29 is 17.9 Å². The van der Waals surface area contributed by atoms with E-state index >= 15 is 0 Å². The first-order chi connectivity index (χ1) is 9.20. The lowest BCUT2D eigenvalue weighted by Gasteiger charge is -2.16. The Labute approximate surface area is 119 Å². The lowest BCUT2D eigenvalue weighted by Crippen LogP contribution is -2.40. The van der Waals surface area contributed by atoms with E-state index in [2.05, 4.69) is 4.72 Å². The Balaban J connectivity index is 3.13. The Morgan fingerprint density at radius 3 is 2.55 bits per heavy atom. The zero-order valence-corrected chi connectivity index (χ0v) is 12.9. The number of sulfonamides is 1. The maximum atomic E-state index is 12.3. The summed E-state index contributed by atoms with van der Waals surface area (Å²) in [6.07, 6.45) is 0. The molecule has 0 fully saturated rings. The van der Waals surface area contributed by atoms with E-state index in [1.807, 2.05) is 0 Å². The number of carbonyl (C=O) groups excluding carboxylic acids is 1. The predicted molar refractivity (Wildman–Crippen MR) is 76.7 cm³/mol. The minimum Gasteiger partial charge on any atom is -0.465 e. The number of carbonyl (C=O) groups is 1. The van der Waals surface area contributed by atoms with Gasteiger partial charge in [0, 0.05) is 0 Å². The van der Waals surface area contributed by atoms with E-state index in [0.717, 1.165) is 5.56 Å². The lowest BCUT2D eigenvalue weighted by molar-refractivity contribution is -0.144. The first-order valence-electron chi connectivity index (χ1n) is 6.25. The average molecular weight is 300 g/mol. The van der Waals surface area contributed by atoms with Gasteiger partial charge in [0.1, 0.15) is 10.9 Å². The number of nitrogens with two attached hydrogens (primary N) is 1. The van der Waals surface area contributed by atoms with Crippen molar-refractivity contribution in [3.8, 4) is 0 Å². The predicted octanol–water partition coefficient (Wildman–Crippen LogP) is 1.12. The SMILES string of the molecule is CCOC(=O)C(C)NS(=O)(=O)c1c(N)ccc(C)c1C. The quantitative estimate of drug-likeness (QED) is 0.627. The number of aryl methyl sites for hydroxylation is 1. The van der Waals surface area contributed by atoms with Gasteiger partial charge in [0.15, 0.2) is 0 Å². The summed E-state index contributed by atoms with van der Waals surface area (Å²) in [7, 11) is -3.88. The molecule has 0 heterocycles. The van der Waals surface area contributed by atoms with Gasteiger partial charge in [-0.15, -0.1) is 0 Å². The van der Waals surface area contributed by atoms with Gasteiger partial charge in [-0.1, -0.05) is 6.07 Å². The molecule has 0 bridgehead atoms. The van der Waals surface area contributed by atoms with Crippen LogP contribution in [0.5, 0.6) is 0 Å². The maximum Gasteiger partial charge on any atom is 0.323 e. The van der Waals surface area contributed by atoms with E-state index < -0.39 is 22.0 Å². The number of nitrogens with one attached hydrogen (secondary N) is 1. The Kier molecular flexibility index (Phi) is 5.13. The Morgan fingerprint density at radius 1 is 1.40 bits per heavy atom. The lowest BCUT2D eigenvalue weighted by atomic mass is 10.1. The van der Waals surface area contributed by atoms with Gasteiger partial charge in [0.05, 0.1) is 12.3 Å². The highest BCUT2D eigenvalue weighted by molar-refractivity contribution is 7.89. The fourth-order valence-corrected chi connectivity index (χ4v) is 3.40. The molecule has 1 atom stereocenters. The smallest absolute Gasteiger partial charge is 0.323 e. The molecule has 0 amide bonds. The molecule has 1 unspecified atom stereocenters. The normalized spacial score (nSPS) is 13.0. The van der Waals surface area contributed by atoms with Crippen LogP contribution in [0.4, 0.5) is 5.69 Å². The van der Waals surface area contributed by atoms with Crippen molar-refractivity contribution in [1.29, 1.82) is 0 Å². The van der Waals surface area contributed by atoms with Gasteiger partial charge in [-0.2, -0.15) is 4.72 Å². The molecular formula is C13H20N2O4S. The first kappa shape index (κ1) is 16.5. The van der Waals surface area contributed by atoms with Gasteiger partial charge >= 0.3 is 5.97 Å². The number of benzene rings is 1. The zero-order valence-electron chi connectivity index (χ0n) is 12.1. The van der Waals surface area contributed by atoms with Gasteiger partial charge in [-0.25, -0.2) is 8.42 Å². The summed E-state index contributed by atoms with van der Waals surface area (Å²) in [5, 5.41) is 0. The summed E-state index contributed by atoms with van der Waals surface area (Å²) in [5.74, 6) is -0.625. The molecule has 0 aromatic heterocycles. The van der Waals surface area contributed by atoms with E-state index in [9.17, 15) is 13.2 Å². The average Bonchev–Trinajstić information content (AvgIpc) is 2.33. The third kappa shape index (κ3) is 3.49. The Morgan fingerprint density at radius 2 is 2.00 bits per heavy atom. The molecule has 1 rings (SSSR count).